The van der Waals surface area contributed by atoms with Crippen LogP contribution in [0.1, 0.15) is 30.5 Å². The Morgan fingerprint density at radius 2 is 1.75 bits per heavy atom. The third kappa shape index (κ3) is 4.83. The molecule has 0 aliphatic heterocycles. The highest BCUT2D eigenvalue weighted by Crippen LogP contribution is 2.18. The molecule has 1 aromatic heterocycles. The molecule has 3 aromatic rings. The second-order valence-corrected chi connectivity index (χ2v) is 7.20. The van der Waals surface area contributed by atoms with E-state index in [1.165, 1.54) is 4.88 Å². The van der Waals surface area contributed by atoms with Crippen molar-refractivity contribution in [3.8, 4) is 5.75 Å². The molecule has 0 saturated carbocycles. The molecule has 0 atom stereocenters. The molecule has 0 aliphatic rings. The number of benzene rings is 2. The average molecular weight is 393 g/mol. The van der Waals surface area contributed by atoms with Crippen LogP contribution in [0.15, 0.2) is 65.8 Å². The molecule has 0 aliphatic carbocycles. The summed E-state index contributed by atoms with van der Waals surface area (Å²) in [7, 11) is 1.56. The molecule has 1 heterocycles. The first-order valence-corrected chi connectivity index (χ1v) is 9.33. The molecule has 0 saturated heterocycles. The summed E-state index contributed by atoms with van der Waals surface area (Å²) in [6.07, 6.45) is 1.59. The Morgan fingerprint density at radius 3 is 2.43 bits per heavy atom. The van der Waals surface area contributed by atoms with Crippen molar-refractivity contribution in [3.05, 3.63) is 81.5 Å². The van der Waals surface area contributed by atoms with Gasteiger partial charge in [0.25, 0.3) is 11.8 Å². The molecule has 2 amide bonds. The van der Waals surface area contributed by atoms with Gasteiger partial charge in [-0.2, -0.15) is 5.10 Å². The highest BCUT2D eigenvalue weighted by atomic mass is 32.1. The number of methoxy groups -OCH3 is 1. The fraction of sp³-hybridized carbons (Fsp3) is 0.0952. The van der Waals surface area contributed by atoms with Crippen molar-refractivity contribution in [2.24, 2.45) is 5.10 Å². The second-order valence-electron chi connectivity index (χ2n) is 5.88. The molecular weight excluding hydrogens is 374 g/mol. The van der Waals surface area contributed by atoms with Crippen molar-refractivity contribution in [2.45, 2.75) is 6.92 Å². The molecule has 2 aromatic carbocycles. The van der Waals surface area contributed by atoms with Crippen molar-refractivity contribution < 1.29 is 14.3 Å². The summed E-state index contributed by atoms with van der Waals surface area (Å²) in [4.78, 5) is 27.1. The van der Waals surface area contributed by atoms with E-state index in [9.17, 15) is 9.59 Å². The van der Waals surface area contributed by atoms with Gasteiger partial charge in [0.1, 0.15) is 5.75 Å². The van der Waals surface area contributed by atoms with Gasteiger partial charge in [0.05, 0.1) is 24.6 Å². The molecule has 0 spiro atoms. The van der Waals surface area contributed by atoms with E-state index >= 15 is 0 Å². The maximum atomic E-state index is 12.5. The summed E-state index contributed by atoms with van der Waals surface area (Å²) < 4.78 is 5.09. The van der Waals surface area contributed by atoms with Crippen LogP contribution in [0.4, 0.5) is 5.69 Å². The minimum Gasteiger partial charge on any atom is -0.497 e. The highest BCUT2D eigenvalue weighted by molar-refractivity contribution is 7.13. The van der Waals surface area contributed by atoms with Crippen molar-refractivity contribution in [3.63, 3.8) is 0 Å². The highest BCUT2D eigenvalue weighted by Gasteiger charge is 2.13. The zero-order valence-corrected chi connectivity index (χ0v) is 16.2. The number of ether oxygens (including phenoxy) is 1. The lowest BCUT2D eigenvalue weighted by molar-refractivity contribution is 0.0956. The molecule has 0 unspecified atom stereocenters. The van der Waals surface area contributed by atoms with Crippen LogP contribution in [0.5, 0.6) is 5.75 Å². The molecular formula is C21H19N3O3S. The largest absolute Gasteiger partial charge is 0.497 e. The molecule has 142 valence electrons. The van der Waals surface area contributed by atoms with Gasteiger partial charge in [0.15, 0.2) is 0 Å². The summed E-state index contributed by atoms with van der Waals surface area (Å²) in [5, 5.41) is 6.75. The topological polar surface area (TPSA) is 79.8 Å². The van der Waals surface area contributed by atoms with E-state index in [1.807, 2.05) is 19.1 Å². The number of hydrogen-bond acceptors (Lipinski definition) is 5. The lowest BCUT2D eigenvalue weighted by atomic mass is 10.1. The van der Waals surface area contributed by atoms with E-state index in [4.69, 9.17) is 4.74 Å². The van der Waals surface area contributed by atoms with Crippen LogP contribution in [0, 0.1) is 6.92 Å². The van der Waals surface area contributed by atoms with Crippen LogP contribution in [0.2, 0.25) is 0 Å². The number of thiophene rings is 1. The molecule has 0 fully saturated rings. The van der Waals surface area contributed by atoms with Crippen LogP contribution in [0.3, 0.4) is 0 Å². The number of nitrogens with one attached hydrogen (secondary N) is 2. The number of carbonyl (C=O) groups is 2. The molecule has 6 nitrogen and oxygen atoms in total. The minimum absolute atomic E-state index is 0.319. The first-order chi connectivity index (χ1) is 13.6. The summed E-state index contributed by atoms with van der Waals surface area (Å²) in [6.45, 7) is 2.00. The second kappa shape index (κ2) is 8.96. The molecule has 0 bridgehead atoms. The van der Waals surface area contributed by atoms with Gasteiger partial charge in [-0.15, -0.1) is 11.3 Å². The van der Waals surface area contributed by atoms with E-state index in [2.05, 4.69) is 15.8 Å². The fourth-order valence-corrected chi connectivity index (χ4v) is 3.21. The van der Waals surface area contributed by atoms with E-state index in [1.54, 1.807) is 73.2 Å². The maximum absolute atomic E-state index is 12.5. The minimum atomic E-state index is -0.407. The van der Waals surface area contributed by atoms with Crippen LogP contribution < -0.4 is 15.5 Å². The van der Waals surface area contributed by atoms with Crippen LogP contribution in [-0.4, -0.2) is 25.1 Å². The predicted octanol–water partition coefficient (Wildman–Crippen LogP) is 4.08. The standard InChI is InChI=1S/C21H19N3O3S/c1-14-7-12-17(28-14)13-22-24-21(26)18-5-3-4-6-19(18)23-20(25)15-8-10-16(27-2)11-9-15/h3-13H,1-2H3,(H,23,25)(H,24,26)/b22-13+. The SMILES string of the molecule is COc1ccc(C(=O)Nc2ccccc2C(=O)N/N=C/c2ccc(C)s2)cc1. The van der Waals surface area contributed by atoms with Crippen molar-refractivity contribution in [1.29, 1.82) is 0 Å². The normalized spacial score (nSPS) is 10.6. The van der Waals surface area contributed by atoms with Gasteiger partial charge in [0, 0.05) is 15.3 Å². The van der Waals surface area contributed by atoms with Gasteiger partial charge in [-0.3, -0.25) is 9.59 Å². The summed E-state index contributed by atoms with van der Waals surface area (Å²) >= 11 is 1.58. The van der Waals surface area contributed by atoms with Gasteiger partial charge in [0.2, 0.25) is 0 Å². The van der Waals surface area contributed by atoms with Gasteiger partial charge in [-0.1, -0.05) is 12.1 Å². The number of carbonyl (C=O) groups excluding carboxylic acids is 2. The van der Waals surface area contributed by atoms with E-state index < -0.39 is 5.91 Å². The van der Waals surface area contributed by atoms with Crippen LogP contribution >= 0.6 is 11.3 Å². The molecule has 3 rings (SSSR count). The maximum Gasteiger partial charge on any atom is 0.273 e. The third-order valence-electron chi connectivity index (χ3n) is 3.89. The van der Waals surface area contributed by atoms with Crippen molar-refractivity contribution >= 4 is 35.1 Å². The smallest absolute Gasteiger partial charge is 0.273 e. The van der Waals surface area contributed by atoms with Gasteiger partial charge in [-0.05, 0) is 55.5 Å². The lowest BCUT2D eigenvalue weighted by Gasteiger charge is -2.10. The first kappa shape index (κ1) is 19.3. The Morgan fingerprint density at radius 1 is 1.00 bits per heavy atom. The third-order valence-corrected chi connectivity index (χ3v) is 4.83. The van der Waals surface area contributed by atoms with Gasteiger partial charge in [-0.25, -0.2) is 5.43 Å². The number of rotatable bonds is 6. The van der Waals surface area contributed by atoms with Gasteiger partial charge < -0.3 is 10.1 Å². The number of hydrogen-bond donors (Lipinski definition) is 2. The molecule has 28 heavy (non-hydrogen) atoms. The number of nitrogens with zero attached hydrogens (tertiary/aromatic N) is 1. The van der Waals surface area contributed by atoms with Crippen LogP contribution in [0.25, 0.3) is 0 Å². The number of aryl methyl sites for hydroxylation is 1. The fourth-order valence-electron chi connectivity index (χ4n) is 2.46. The zero-order chi connectivity index (χ0) is 19.9. The van der Waals surface area contributed by atoms with Crippen molar-refractivity contribution in [2.75, 3.05) is 12.4 Å². The Labute approximate surface area is 166 Å². The first-order valence-electron chi connectivity index (χ1n) is 8.51. The number of para-hydroxylation sites is 1. The average Bonchev–Trinajstić information content (AvgIpc) is 3.13. The van der Waals surface area contributed by atoms with E-state index in [0.29, 0.717) is 22.6 Å². The zero-order valence-electron chi connectivity index (χ0n) is 15.4. The summed E-state index contributed by atoms with van der Waals surface area (Å²) in [6, 6.07) is 17.4. The molecule has 7 heteroatoms. The Hall–Kier alpha value is -3.45. The Balaban J connectivity index is 1.70. The quantitative estimate of drug-likeness (QED) is 0.489. The summed E-state index contributed by atoms with van der Waals surface area (Å²) in [5.74, 6) is -0.0641. The Bertz CT molecular complexity index is 1010. The number of amides is 2. The molecule has 2 N–H and O–H groups in total. The number of anilines is 1. The summed E-state index contributed by atoms with van der Waals surface area (Å²) in [5.41, 5.74) is 3.68. The van der Waals surface area contributed by atoms with Crippen LogP contribution in [-0.2, 0) is 0 Å². The van der Waals surface area contributed by atoms with E-state index in [0.717, 1.165) is 4.88 Å². The van der Waals surface area contributed by atoms with E-state index in [-0.39, 0.29) is 5.91 Å². The Kier molecular flexibility index (Phi) is 6.18. The predicted molar refractivity (Wildman–Crippen MR) is 112 cm³/mol. The lowest BCUT2D eigenvalue weighted by Crippen LogP contribution is -2.21. The number of hydrazone groups is 1. The monoisotopic (exact) mass is 393 g/mol. The van der Waals surface area contributed by atoms with Crippen molar-refractivity contribution in [1.82, 2.24) is 5.43 Å². The molecule has 0 radical (unpaired) electrons. The van der Waals surface area contributed by atoms with Gasteiger partial charge >= 0.3 is 0 Å².